The molecule has 5 nitrogen and oxygen atoms in total. The molecule has 2 aromatic heterocycles. The molecular weight excluding hydrogens is 345 g/mol. The molecule has 0 aliphatic carbocycles. The first-order valence-corrected chi connectivity index (χ1v) is 8.67. The SMILES string of the molecule is CCc1cnc(N2CCC(COc3ccnc(C(F)(F)F)c3)CC2)nc1. The Balaban J connectivity index is 1.50. The largest absolute Gasteiger partial charge is 0.493 e. The summed E-state index contributed by atoms with van der Waals surface area (Å²) in [5.41, 5.74) is 0.171. The zero-order chi connectivity index (χ0) is 18.6. The molecule has 2 aromatic rings. The Hall–Kier alpha value is -2.38. The molecule has 1 saturated heterocycles. The minimum atomic E-state index is -4.46. The van der Waals surface area contributed by atoms with Gasteiger partial charge in [0.1, 0.15) is 11.4 Å². The number of pyridine rings is 1. The van der Waals surface area contributed by atoms with Gasteiger partial charge in [-0.2, -0.15) is 13.2 Å². The number of rotatable bonds is 5. The van der Waals surface area contributed by atoms with Crippen molar-refractivity contribution < 1.29 is 17.9 Å². The molecular formula is C18H21F3N4O. The molecule has 3 rings (SSSR count). The third-order valence-electron chi connectivity index (χ3n) is 4.50. The van der Waals surface area contributed by atoms with Crippen molar-refractivity contribution in [2.24, 2.45) is 5.92 Å². The van der Waals surface area contributed by atoms with Crippen LogP contribution < -0.4 is 9.64 Å². The van der Waals surface area contributed by atoms with Crippen LogP contribution in [0.2, 0.25) is 0 Å². The summed E-state index contributed by atoms with van der Waals surface area (Å²) >= 11 is 0. The van der Waals surface area contributed by atoms with E-state index in [9.17, 15) is 13.2 Å². The smallest absolute Gasteiger partial charge is 0.433 e. The van der Waals surface area contributed by atoms with Gasteiger partial charge >= 0.3 is 6.18 Å². The molecule has 0 radical (unpaired) electrons. The van der Waals surface area contributed by atoms with Gasteiger partial charge in [-0.25, -0.2) is 9.97 Å². The number of aromatic nitrogens is 3. The predicted molar refractivity (Wildman–Crippen MR) is 91.1 cm³/mol. The summed E-state index contributed by atoms with van der Waals surface area (Å²) in [5, 5.41) is 0. The molecule has 0 unspecified atom stereocenters. The lowest BCUT2D eigenvalue weighted by atomic mass is 9.98. The Labute approximate surface area is 150 Å². The first-order valence-electron chi connectivity index (χ1n) is 8.67. The number of hydrogen-bond acceptors (Lipinski definition) is 5. The molecule has 0 atom stereocenters. The van der Waals surface area contributed by atoms with Crippen LogP contribution in [0.1, 0.15) is 31.0 Å². The Morgan fingerprint density at radius 2 is 1.85 bits per heavy atom. The van der Waals surface area contributed by atoms with Crippen LogP contribution in [0.4, 0.5) is 19.1 Å². The van der Waals surface area contributed by atoms with Crippen molar-refractivity contribution in [2.45, 2.75) is 32.4 Å². The van der Waals surface area contributed by atoms with Gasteiger partial charge in [0.15, 0.2) is 0 Å². The number of nitrogens with zero attached hydrogens (tertiary/aromatic N) is 4. The van der Waals surface area contributed by atoms with Crippen molar-refractivity contribution in [1.29, 1.82) is 0 Å². The van der Waals surface area contributed by atoms with Crippen LogP contribution in [0.15, 0.2) is 30.7 Å². The van der Waals surface area contributed by atoms with E-state index in [-0.39, 0.29) is 5.75 Å². The van der Waals surface area contributed by atoms with Crippen molar-refractivity contribution >= 4 is 5.95 Å². The predicted octanol–water partition coefficient (Wildman–Crippen LogP) is 3.75. The molecule has 0 aromatic carbocycles. The number of halogens is 3. The van der Waals surface area contributed by atoms with Gasteiger partial charge in [0.05, 0.1) is 6.61 Å². The molecule has 0 N–H and O–H groups in total. The van der Waals surface area contributed by atoms with Gasteiger partial charge in [-0.15, -0.1) is 0 Å². The maximum atomic E-state index is 12.7. The highest BCUT2D eigenvalue weighted by molar-refractivity contribution is 5.30. The molecule has 3 heterocycles. The van der Waals surface area contributed by atoms with Crippen molar-refractivity contribution in [3.8, 4) is 5.75 Å². The molecule has 0 amide bonds. The van der Waals surface area contributed by atoms with Gasteiger partial charge in [0.2, 0.25) is 5.95 Å². The van der Waals surface area contributed by atoms with E-state index in [1.165, 1.54) is 6.07 Å². The number of alkyl halides is 3. The topological polar surface area (TPSA) is 51.1 Å². The number of aryl methyl sites for hydroxylation is 1. The minimum Gasteiger partial charge on any atom is -0.493 e. The van der Waals surface area contributed by atoms with Crippen molar-refractivity contribution in [3.05, 3.63) is 42.0 Å². The van der Waals surface area contributed by atoms with Crippen molar-refractivity contribution in [1.82, 2.24) is 15.0 Å². The fraction of sp³-hybridized carbons (Fsp3) is 0.500. The average molecular weight is 366 g/mol. The first-order chi connectivity index (χ1) is 12.5. The maximum Gasteiger partial charge on any atom is 0.433 e. The zero-order valence-corrected chi connectivity index (χ0v) is 14.5. The third kappa shape index (κ3) is 4.62. The van der Waals surface area contributed by atoms with Gasteiger partial charge < -0.3 is 9.64 Å². The fourth-order valence-corrected chi connectivity index (χ4v) is 2.86. The summed E-state index contributed by atoms with van der Waals surface area (Å²) in [5.74, 6) is 1.22. The first kappa shape index (κ1) is 18.4. The van der Waals surface area contributed by atoms with Gasteiger partial charge in [-0.3, -0.25) is 4.98 Å². The molecule has 140 valence electrons. The van der Waals surface area contributed by atoms with E-state index in [0.717, 1.165) is 56.1 Å². The lowest BCUT2D eigenvalue weighted by molar-refractivity contribution is -0.141. The summed E-state index contributed by atoms with van der Waals surface area (Å²) in [6.07, 6.45) is 3.03. The standard InChI is InChI=1S/C18H21F3N4O/c1-2-13-10-23-17(24-11-13)25-7-4-14(5-8-25)12-26-15-3-6-22-16(9-15)18(19,20)21/h3,6,9-11,14H,2,4-5,7-8,12H2,1H3. The zero-order valence-electron chi connectivity index (χ0n) is 14.5. The quantitative estimate of drug-likeness (QED) is 0.807. The molecule has 0 bridgehead atoms. The van der Waals surface area contributed by atoms with Gasteiger partial charge in [0.25, 0.3) is 0 Å². The lowest BCUT2D eigenvalue weighted by Gasteiger charge is -2.31. The van der Waals surface area contributed by atoms with E-state index in [1.54, 1.807) is 0 Å². The molecule has 1 fully saturated rings. The second-order valence-electron chi connectivity index (χ2n) is 6.36. The van der Waals surface area contributed by atoms with Crippen LogP contribution in [0, 0.1) is 5.92 Å². The minimum absolute atomic E-state index is 0.202. The second-order valence-corrected chi connectivity index (χ2v) is 6.36. The highest BCUT2D eigenvalue weighted by atomic mass is 19.4. The Kier molecular flexibility index (Phi) is 5.58. The Bertz CT molecular complexity index is 713. The average Bonchev–Trinajstić information content (AvgIpc) is 2.66. The van der Waals surface area contributed by atoms with E-state index in [4.69, 9.17) is 4.74 Å². The molecule has 1 aliphatic rings. The lowest BCUT2D eigenvalue weighted by Crippen LogP contribution is -2.36. The van der Waals surface area contributed by atoms with E-state index < -0.39 is 11.9 Å². The normalized spacial score (nSPS) is 15.9. The van der Waals surface area contributed by atoms with Crippen LogP contribution in [0.25, 0.3) is 0 Å². The third-order valence-corrected chi connectivity index (χ3v) is 4.50. The van der Waals surface area contributed by atoms with Gasteiger partial charge in [-0.05, 0) is 36.8 Å². The summed E-state index contributed by atoms with van der Waals surface area (Å²) in [4.78, 5) is 14.3. The second kappa shape index (κ2) is 7.88. The van der Waals surface area contributed by atoms with Crippen molar-refractivity contribution in [2.75, 3.05) is 24.6 Å². The maximum absolute atomic E-state index is 12.7. The van der Waals surface area contributed by atoms with E-state index >= 15 is 0 Å². The number of ether oxygens (including phenoxy) is 1. The molecule has 0 spiro atoms. The molecule has 1 aliphatic heterocycles. The summed E-state index contributed by atoms with van der Waals surface area (Å²) in [6, 6.07) is 2.39. The Morgan fingerprint density at radius 3 is 2.46 bits per heavy atom. The monoisotopic (exact) mass is 366 g/mol. The van der Waals surface area contributed by atoms with E-state index in [2.05, 4.69) is 26.8 Å². The van der Waals surface area contributed by atoms with E-state index in [0.29, 0.717) is 12.5 Å². The summed E-state index contributed by atoms with van der Waals surface area (Å²) < 4.78 is 43.6. The van der Waals surface area contributed by atoms with E-state index in [1.807, 2.05) is 12.4 Å². The van der Waals surface area contributed by atoms with Crippen LogP contribution in [-0.4, -0.2) is 34.6 Å². The summed E-state index contributed by atoms with van der Waals surface area (Å²) in [6.45, 7) is 4.07. The number of hydrogen-bond donors (Lipinski definition) is 0. The number of piperidine rings is 1. The van der Waals surface area contributed by atoms with Crippen molar-refractivity contribution in [3.63, 3.8) is 0 Å². The highest BCUT2D eigenvalue weighted by Crippen LogP contribution is 2.30. The van der Waals surface area contributed by atoms with Gasteiger partial charge in [0, 0.05) is 37.7 Å². The highest BCUT2D eigenvalue weighted by Gasteiger charge is 2.32. The summed E-state index contributed by atoms with van der Waals surface area (Å²) in [7, 11) is 0. The molecule has 8 heteroatoms. The Morgan fingerprint density at radius 1 is 1.15 bits per heavy atom. The van der Waals surface area contributed by atoms with Gasteiger partial charge in [-0.1, -0.05) is 6.92 Å². The molecule has 0 saturated carbocycles. The fourth-order valence-electron chi connectivity index (χ4n) is 2.86. The van der Waals surface area contributed by atoms with Crippen LogP contribution in [-0.2, 0) is 12.6 Å². The molecule has 26 heavy (non-hydrogen) atoms. The number of anilines is 1. The van der Waals surface area contributed by atoms with Crippen LogP contribution >= 0.6 is 0 Å². The van der Waals surface area contributed by atoms with Crippen LogP contribution in [0.5, 0.6) is 5.75 Å². The van der Waals surface area contributed by atoms with Crippen LogP contribution in [0.3, 0.4) is 0 Å².